The predicted octanol–water partition coefficient (Wildman–Crippen LogP) is 1.48. The van der Waals surface area contributed by atoms with Crippen molar-refractivity contribution in [1.29, 1.82) is 0 Å². The zero-order chi connectivity index (χ0) is 16.8. The topological polar surface area (TPSA) is 88.6 Å². The molecule has 2 heterocycles. The van der Waals surface area contributed by atoms with Crippen LogP contribution in [-0.4, -0.2) is 47.4 Å². The van der Waals surface area contributed by atoms with Gasteiger partial charge in [-0.15, -0.1) is 0 Å². The number of esters is 1. The number of carbonyl (C=O) groups is 3. The highest BCUT2D eigenvalue weighted by Gasteiger charge is 2.30. The van der Waals surface area contributed by atoms with E-state index in [4.69, 9.17) is 16.3 Å². The standard InChI is InChI=1S/C15H18ClN3O4/c1-2-23-15(22)10-5-8-19(9-6-10)14(21)13(20)18-11-4-3-7-17-12(11)16/h3-4,7,10H,2,5-6,8-9H2,1H3,(H,18,20). The molecule has 0 aliphatic carbocycles. The molecule has 0 unspecified atom stereocenters. The quantitative estimate of drug-likeness (QED) is 0.512. The number of ether oxygens (including phenoxy) is 1. The lowest BCUT2D eigenvalue weighted by molar-refractivity contribution is -0.152. The van der Waals surface area contributed by atoms with Crippen molar-refractivity contribution in [2.75, 3.05) is 25.0 Å². The number of aromatic nitrogens is 1. The van der Waals surface area contributed by atoms with Gasteiger partial charge in [0.15, 0.2) is 5.15 Å². The number of pyridine rings is 1. The molecule has 1 aromatic heterocycles. The zero-order valence-corrected chi connectivity index (χ0v) is 13.5. The van der Waals surface area contributed by atoms with Gasteiger partial charge in [0.05, 0.1) is 18.2 Å². The van der Waals surface area contributed by atoms with E-state index in [0.717, 1.165) is 0 Å². The maximum absolute atomic E-state index is 12.2. The van der Waals surface area contributed by atoms with Gasteiger partial charge in [0.2, 0.25) is 0 Å². The minimum atomic E-state index is -0.769. The second kappa shape index (κ2) is 7.92. The Bertz CT molecular complexity index is 600. The van der Waals surface area contributed by atoms with Gasteiger partial charge in [-0.3, -0.25) is 14.4 Å². The van der Waals surface area contributed by atoms with Crippen LogP contribution in [0.25, 0.3) is 0 Å². The number of likely N-dealkylation sites (tertiary alicyclic amines) is 1. The number of rotatable bonds is 3. The van der Waals surface area contributed by atoms with E-state index >= 15 is 0 Å². The predicted molar refractivity (Wildman–Crippen MR) is 83.8 cm³/mol. The Balaban J connectivity index is 1.88. The molecule has 1 aliphatic heterocycles. The zero-order valence-electron chi connectivity index (χ0n) is 12.8. The molecule has 23 heavy (non-hydrogen) atoms. The average Bonchev–Trinajstić information content (AvgIpc) is 2.56. The average molecular weight is 340 g/mol. The van der Waals surface area contributed by atoms with Gasteiger partial charge in [0, 0.05) is 19.3 Å². The number of hydrogen-bond acceptors (Lipinski definition) is 5. The van der Waals surface area contributed by atoms with Crippen LogP contribution in [-0.2, 0) is 19.1 Å². The number of anilines is 1. The minimum Gasteiger partial charge on any atom is -0.466 e. The van der Waals surface area contributed by atoms with Crippen molar-refractivity contribution in [2.24, 2.45) is 5.92 Å². The van der Waals surface area contributed by atoms with Crippen molar-refractivity contribution in [3.8, 4) is 0 Å². The van der Waals surface area contributed by atoms with E-state index in [0.29, 0.717) is 32.5 Å². The summed E-state index contributed by atoms with van der Waals surface area (Å²) < 4.78 is 4.97. The number of piperidine rings is 1. The molecule has 0 aromatic carbocycles. The largest absolute Gasteiger partial charge is 0.466 e. The first-order chi connectivity index (χ1) is 11.0. The first-order valence-electron chi connectivity index (χ1n) is 7.40. The fourth-order valence-corrected chi connectivity index (χ4v) is 2.54. The molecule has 1 fully saturated rings. The molecule has 124 valence electrons. The Morgan fingerprint density at radius 1 is 1.39 bits per heavy atom. The maximum Gasteiger partial charge on any atom is 0.313 e. The monoisotopic (exact) mass is 339 g/mol. The highest BCUT2D eigenvalue weighted by Crippen LogP contribution is 2.20. The molecule has 7 nitrogen and oxygen atoms in total. The second-order valence-corrected chi connectivity index (χ2v) is 5.47. The van der Waals surface area contributed by atoms with Crippen LogP contribution in [0.15, 0.2) is 18.3 Å². The van der Waals surface area contributed by atoms with Crippen LogP contribution in [0.1, 0.15) is 19.8 Å². The summed E-state index contributed by atoms with van der Waals surface area (Å²) in [6, 6.07) is 3.17. The lowest BCUT2D eigenvalue weighted by Gasteiger charge is -2.30. The third-order valence-electron chi connectivity index (χ3n) is 3.60. The maximum atomic E-state index is 12.2. The number of nitrogens with zero attached hydrogens (tertiary/aromatic N) is 2. The number of amides is 2. The van der Waals surface area contributed by atoms with Crippen molar-refractivity contribution in [3.05, 3.63) is 23.5 Å². The summed E-state index contributed by atoms with van der Waals surface area (Å²) >= 11 is 5.84. The Morgan fingerprint density at radius 2 is 2.09 bits per heavy atom. The van der Waals surface area contributed by atoms with Crippen molar-refractivity contribution >= 4 is 35.1 Å². The molecule has 8 heteroatoms. The number of carbonyl (C=O) groups excluding carboxylic acids is 3. The summed E-state index contributed by atoms with van der Waals surface area (Å²) in [6.07, 6.45) is 2.47. The lowest BCUT2D eigenvalue weighted by Crippen LogP contribution is -2.45. The Morgan fingerprint density at radius 3 is 2.70 bits per heavy atom. The van der Waals surface area contributed by atoms with E-state index < -0.39 is 11.8 Å². The van der Waals surface area contributed by atoms with Gasteiger partial charge >= 0.3 is 17.8 Å². The number of hydrogen-bond donors (Lipinski definition) is 1. The van der Waals surface area contributed by atoms with Crippen LogP contribution in [0.3, 0.4) is 0 Å². The van der Waals surface area contributed by atoms with Gasteiger partial charge in [-0.2, -0.15) is 0 Å². The summed E-state index contributed by atoms with van der Waals surface area (Å²) in [5.74, 6) is -1.87. The summed E-state index contributed by atoms with van der Waals surface area (Å²) in [4.78, 5) is 41.1. The van der Waals surface area contributed by atoms with E-state index in [1.165, 1.54) is 11.1 Å². The lowest BCUT2D eigenvalue weighted by atomic mass is 9.97. The molecule has 2 amide bonds. The van der Waals surface area contributed by atoms with E-state index in [2.05, 4.69) is 10.3 Å². The molecule has 0 spiro atoms. The fourth-order valence-electron chi connectivity index (χ4n) is 2.38. The molecular formula is C15H18ClN3O4. The SMILES string of the molecule is CCOC(=O)C1CCN(C(=O)C(=O)Nc2cccnc2Cl)CC1. The van der Waals surface area contributed by atoms with Crippen LogP contribution < -0.4 is 5.32 Å². The van der Waals surface area contributed by atoms with E-state index in [9.17, 15) is 14.4 Å². The normalized spacial score (nSPS) is 15.1. The molecule has 1 N–H and O–H groups in total. The van der Waals surface area contributed by atoms with Gasteiger partial charge in [0.25, 0.3) is 0 Å². The molecule has 0 bridgehead atoms. The minimum absolute atomic E-state index is 0.120. The molecule has 0 radical (unpaired) electrons. The first-order valence-corrected chi connectivity index (χ1v) is 7.78. The first kappa shape index (κ1) is 17.2. The van der Waals surface area contributed by atoms with Crippen molar-refractivity contribution in [2.45, 2.75) is 19.8 Å². The fraction of sp³-hybridized carbons (Fsp3) is 0.467. The van der Waals surface area contributed by atoms with Crippen molar-refractivity contribution in [1.82, 2.24) is 9.88 Å². The van der Waals surface area contributed by atoms with Crippen LogP contribution >= 0.6 is 11.6 Å². The van der Waals surface area contributed by atoms with E-state index in [1.807, 2.05) is 0 Å². The van der Waals surface area contributed by atoms with Gasteiger partial charge in [-0.25, -0.2) is 4.98 Å². The Kier molecular flexibility index (Phi) is 5.92. The smallest absolute Gasteiger partial charge is 0.313 e. The molecule has 0 atom stereocenters. The molecule has 1 aliphatic rings. The van der Waals surface area contributed by atoms with Crippen molar-refractivity contribution in [3.63, 3.8) is 0 Å². The Hall–Kier alpha value is -2.15. The third-order valence-corrected chi connectivity index (χ3v) is 3.90. The van der Waals surface area contributed by atoms with E-state index in [-0.39, 0.29) is 22.7 Å². The number of nitrogens with one attached hydrogen (secondary N) is 1. The van der Waals surface area contributed by atoms with Crippen LogP contribution in [0.4, 0.5) is 5.69 Å². The summed E-state index contributed by atoms with van der Waals surface area (Å²) in [5.41, 5.74) is 0.286. The van der Waals surface area contributed by atoms with Crippen LogP contribution in [0, 0.1) is 5.92 Å². The van der Waals surface area contributed by atoms with Crippen LogP contribution in [0.2, 0.25) is 5.15 Å². The van der Waals surface area contributed by atoms with Gasteiger partial charge in [-0.05, 0) is 31.9 Å². The summed E-state index contributed by atoms with van der Waals surface area (Å²) in [5, 5.41) is 2.57. The van der Waals surface area contributed by atoms with Crippen molar-refractivity contribution < 1.29 is 19.1 Å². The number of halogens is 1. The van der Waals surface area contributed by atoms with Gasteiger partial charge in [0.1, 0.15) is 0 Å². The van der Waals surface area contributed by atoms with Crippen LogP contribution in [0.5, 0.6) is 0 Å². The van der Waals surface area contributed by atoms with Gasteiger partial charge in [-0.1, -0.05) is 11.6 Å². The molecule has 0 saturated carbocycles. The molecule has 2 rings (SSSR count). The second-order valence-electron chi connectivity index (χ2n) is 5.11. The van der Waals surface area contributed by atoms with Gasteiger partial charge < -0.3 is 15.0 Å². The Labute approximate surface area is 139 Å². The third kappa shape index (κ3) is 4.41. The highest BCUT2D eigenvalue weighted by atomic mass is 35.5. The van der Waals surface area contributed by atoms with E-state index in [1.54, 1.807) is 19.1 Å². The molecular weight excluding hydrogens is 322 g/mol. The summed E-state index contributed by atoms with van der Waals surface area (Å²) in [7, 11) is 0. The summed E-state index contributed by atoms with van der Waals surface area (Å²) in [6.45, 7) is 2.78. The molecule has 1 aromatic rings. The highest BCUT2D eigenvalue weighted by molar-refractivity contribution is 6.41. The molecule has 1 saturated heterocycles.